The number of anilines is 2. The maximum Gasteiger partial charge on any atom is 0.135 e. The molecule has 0 aliphatic heterocycles. The number of nitrogens with zero attached hydrogens (tertiary/aromatic N) is 3. The Morgan fingerprint density at radius 3 is 2.62 bits per heavy atom. The van der Waals surface area contributed by atoms with Gasteiger partial charge in [-0.2, -0.15) is 5.10 Å². The van der Waals surface area contributed by atoms with Crippen LogP contribution in [-0.2, 0) is 13.6 Å². The third-order valence-corrected chi connectivity index (χ3v) is 3.75. The highest BCUT2D eigenvalue weighted by Crippen LogP contribution is 2.30. The maximum absolute atomic E-state index is 4.62. The monoisotopic (exact) mass is 286 g/mol. The highest BCUT2D eigenvalue weighted by molar-refractivity contribution is 5.64. The fraction of sp³-hybridized carbons (Fsp3) is 0.471. The fourth-order valence-corrected chi connectivity index (χ4v) is 2.73. The summed E-state index contributed by atoms with van der Waals surface area (Å²) in [6, 6.07) is 8.63. The number of aromatic nitrogens is 2. The first-order valence-electron chi connectivity index (χ1n) is 7.65. The van der Waals surface area contributed by atoms with E-state index in [1.165, 1.54) is 22.6 Å². The third kappa shape index (κ3) is 3.27. The number of hydrogen-bond acceptors (Lipinski definition) is 3. The van der Waals surface area contributed by atoms with E-state index in [4.69, 9.17) is 0 Å². The van der Waals surface area contributed by atoms with Crippen molar-refractivity contribution in [2.75, 3.05) is 18.0 Å². The van der Waals surface area contributed by atoms with Gasteiger partial charge in [0.1, 0.15) is 5.82 Å². The van der Waals surface area contributed by atoms with E-state index < -0.39 is 0 Å². The summed E-state index contributed by atoms with van der Waals surface area (Å²) in [5, 5.41) is 8.04. The molecule has 0 bridgehead atoms. The predicted molar refractivity (Wildman–Crippen MR) is 89.2 cm³/mol. The zero-order chi connectivity index (χ0) is 15.4. The molecule has 0 saturated carbocycles. The van der Waals surface area contributed by atoms with Crippen molar-refractivity contribution in [2.24, 2.45) is 7.05 Å². The second-order valence-corrected chi connectivity index (χ2v) is 5.37. The van der Waals surface area contributed by atoms with Gasteiger partial charge in [0.2, 0.25) is 0 Å². The van der Waals surface area contributed by atoms with Crippen LogP contribution < -0.4 is 10.2 Å². The van der Waals surface area contributed by atoms with Crippen molar-refractivity contribution < 1.29 is 0 Å². The van der Waals surface area contributed by atoms with E-state index in [0.29, 0.717) is 0 Å². The van der Waals surface area contributed by atoms with Gasteiger partial charge in [-0.25, -0.2) is 0 Å². The molecular weight excluding hydrogens is 260 g/mol. The molecule has 1 N–H and O–H groups in total. The minimum atomic E-state index is 0.855. The maximum atomic E-state index is 4.62. The van der Waals surface area contributed by atoms with Crippen molar-refractivity contribution in [1.29, 1.82) is 0 Å². The SMILES string of the molecule is CCNCc1c(C)nn(C)c1N(CC)c1cccc(C)c1. The van der Waals surface area contributed by atoms with Crippen LogP contribution in [0, 0.1) is 13.8 Å². The van der Waals surface area contributed by atoms with Gasteiger partial charge in [0, 0.05) is 31.4 Å². The molecule has 1 aromatic carbocycles. The number of rotatable bonds is 6. The Labute approximate surface area is 127 Å². The molecule has 114 valence electrons. The Bertz CT molecular complexity index is 601. The second kappa shape index (κ2) is 6.76. The van der Waals surface area contributed by atoms with Crippen LogP contribution in [0.1, 0.15) is 30.7 Å². The van der Waals surface area contributed by atoms with E-state index in [-0.39, 0.29) is 0 Å². The number of hydrogen-bond donors (Lipinski definition) is 1. The minimum Gasteiger partial charge on any atom is -0.327 e. The lowest BCUT2D eigenvalue weighted by Gasteiger charge is -2.25. The molecule has 2 rings (SSSR count). The van der Waals surface area contributed by atoms with Crippen molar-refractivity contribution in [3.8, 4) is 0 Å². The highest BCUT2D eigenvalue weighted by Gasteiger charge is 2.19. The first-order valence-corrected chi connectivity index (χ1v) is 7.65. The lowest BCUT2D eigenvalue weighted by atomic mass is 10.1. The molecule has 1 aromatic heterocycles. The quantitative estimate of drug-likeness (QED) is 0.884. The molecule has 0 radical (unpaired) electrons. The molecule has 2 aromatic rings. The van der Waals surface area contributed by atoms with E-state index in [1.54, 1.807) is 0 Å². The van der Waals surface area contributed by atoms with Crippen LogP contribution in [0.4, 0.5) is 11.5 Å². The lowest BCUT2D eigenvalue weighted by Crippen LogP contribution is -2.22. The second-order valence-electron chi connectivity index (χ2n) is 5.37. The molecule has 0 aliphatic carbocycles. The van der Waals surface area contributed by atoms with E-state index in [9.17, 15) is 0 Å². The molecule has 0 aliphatic rings. The van der Waals surface area contributed by atoms with Gasteiger partial charge in [-0.1, -0.05) is 19.1 Å². The largest absolute Gasteiger partial charge is 0.327 e. The molecule has 4 heteroatoms. The van der Waals surface area contributed by atoms with Gasteiger partial charge in [0.25, 0.3) is 0 Å². The van der Waals surface area contributed by atoms with Gasteiger partial charge in [-0.05, 0) is 45.0 Å². The first-order chi connectivity index (χ1) is 10.1. The summed E-state index contributed by atoms with van der Waals surface area (Å²) in [6.07, 6.45) is 0. The molecule has 0 atom stereocenters. The summed E-state index contributed by atoms with van der Waals surface area (Å²) in [5.74, 6) is 1.18. The number of nitrogens with one attached hydrogen (secondary N) is 1. The number of aryl methyl sites for hydroxylation is 3. The summed E-state index contributed by atoms with van der Waals surface area (Å²) in [5.41, 5.74) is 4.87. The Kier molecular flexibility index (Phi) is 5.02. The van der Waals surface area contributed by atoms with Gasteiger partial charge < -0.3 is 10.2 Å². The minimum absolute atomic E-state index is 0.855. The van der Waals surface area contributed by atoms with Gasteiger partial charge >= 0.3 is 0 Å². The molecule has 0 amide bonds. The van der Waals surface area contributed by atoms with Crippen LogP contribution >= 0.6 is 0 Å². The molecule has 0 saturated heterocycles. The Morgan fingerprint density at radius 2 is 2.00 bits per heavy atom. The van der Waals surface area contributed by atoms with Crippen LogP contribution in [-0.4, -0.2) is 22.9 Å². The summed E-state index contributed by atoms with van der Waals surface area (Å²) < 4.78 is 1.99. The Morgan fingerprint density at radius 1 is 1.24 bits per heavy atom. The van der Waals surface area contributed by atoms with Crippen molar-refractivity contribution in [3.63, 3.8) is 0 Å². The van der Waals surface area contributed by atoms with Gasteiger partial charge in [-0.15, -0.1) is 0 Å². The van der Waals surface area contributed by atoms with Crippen molar-refractivity contribution in [1.82, 2.24) is 15.1 Å². The smallest absolute Gasteiger partial charge is 0.135 e. The highest BCUT2D eigenvalue weighted by atomic mass is 15.4. The zero-order valence-electron chi connectivity index (χ0n) is 13.8. The molecule has 1 heterocycles. The van der Waals surface area contributed by atoms with E-state index in [2.05, 4.69) is 67.3 Å². The van der Waals surface area contributed by atoms with E-state index in [1.807, 2.05) is 11.7 Å². The molecule has 0 spiro atoms. The molecule has 4 nitrogen and oxygen atoms in total. The summed E-state index contributed by atoms with van der Waals surface area (Å²) in [7, 11) is 2.02. The topological polar surface area (TPSA) is 33.1 Å². The van der Waals surface area contributed by atoms with Crippen molar-refractivity contribution in [2.45, 2.75) is 34.2 Å². The Hall–Kier alpha value is -1.81. The van der Waals surface area contributed by atoms with Crippen LogP contribution in [0.15, 0.2) is 24.3 Å². The molecular formula is C17H26N4. The average Bonchev–Trinajstić information content (AvgIpc) is 2.72. The lowest BCUT2D eigenvalue weighted by molar-refractivity contribution is 0.718. The molecule has 0 unspecified atom stereocenters. The van der Waals surface area contributed by atoms with Crippen LogP contribution in [0.5, 0.6) is 0 Å². The zero-order valence-corrected chi connectivity index (χ0v) is 13.8. The van der Waals surface area contributed by atoms with Crippen molar-refractivity contribution >= 4 is 11.5 Å². The summed E-state index contributed by atoms with van der Waals surface area (Å²) in [6.45, 7) is 11.3. The molecule has 0 fully saturated rings. The van der Waals surface area contributed by atoms with Crippen LogP contribution in [0.3, 0.4) is 0 Å². The summed E-state index contributed by atoms with van der Waals surface area (Å²) in [4.78, 5) is 2.33. The standard InChI is InChI=1S/C17H26N4/c1-6-18-12-16-14(4)19-20(5)17(16)21(7-2)15-10-8-9-13(3)11-15/h8-11,18H,6-7,12H2,1-5H3. The van der Waals surface area contributed by atoms with E-state index >= 15 is 0 Å². The first kappa shape index (κ1) is 15.6. The van der Waals surface area contributed by atoms with E-state index in [0.717, 1.165) is 25.3 Å². The summed E-state index contributed by atoms with van der Waals surface area (Å²) >= 11 is 0. The van der Waals surface area contributed by atoms with Crippen LogP contribution in [0.25, 0.3) is 0 Å². The predicted octanol–water partition coefficient (Wildman–Crippen LogP) is 3.30. The fourth-order valence-electron chi connectivity index (χ4n) is 2.73. The van der Waals surface area contributed by atoms with Gasteiger partial charge in [0.05, 0.1) is 5.69 Å². The normalized spacial score (nSPS) is 10.9. The van der Waals surface area contributed by atoms with Crippen molar-refractivity contribution in [3.05, 3.63) is 41.1 Å². The average molecular weight is 286 g/mol. The molecule has 21 heavy (non-hydrogen) atoms. The number of benzene rings is 1. The van der Waals surface area contributed by atoms with Crippen LogP contribution in [0.2, 0.25) is 0 Å². The van der Waals surface area contributed by atoms with Gasteiger partial charge in [-0.3, -0.25) is 4.68 Å². The Balaban J connectivity index is 2.46. The van der Waals surface area contributed by atoms with Gasteiger partial charge in [0.15, 0.2) is 0 Å². The third-order valence-electron chi connectivity index (χ3n) is 3.75.